The molecule has 2 aliphatic rings. The highest BCUT2D eigenvalue weighted by molar-refractivity contribution is 7.16. The fraction of sp³-hybridized carbons (Fsp3) is 0.294. The summed E-state index contributed by atoms with van der Waals surface area (Å²) in [5.74, 6) is 0.811. The Morgan fingerprint density at radius 3 is 2.80 bits per heavy atom. The molecule has 0 saturated carbocycles. The maximum absolute atomic E-state index is 11.3. The van der Waals surface area contributed by atoms with E-state index in [9.17, 15) is 15.4 Å². The van der Waals surface area contributed by atoms with Crippen molar-refractivity contribution in [2.45, 2.75) is 25.7 Å². The topological polar surface area (TPSA) is 97.8 Å². The largest absolute Gasteiger partial charge is 0.454 e. The van der Waals surface area contributed by atoms with E-state index in [-0.39, 0.29) is 12.5 Å². The van der Waals surface area contributed by atoms with Gasteiger partial charge in [0.1, 0.15) is 11.1 Å². The number of fused-ring (bicyclic) bond motifs is 2. The second-order valence-electron chi connectivity index (χ2n) is 5.78. The van der Waals surface area contributed by atoms with Gasteiger partial charge in [-0.15, -0.1) is 11.3 Å². The second-order valence-corrected chi connectivity index (χ2v) is 6.87. The van der Waals surface area contributed by atoms with Crippen LogP contribution in [0.25, 0.3) is 0 Å². The van der Waals surface area contributed by atoms with E-state index in [1.54, 1.807) is 6.07 Å². The first-order valence-corrected chi connectivity index (χ1v) is 8.65. The Kier molecular flexibility index (Phi) is 3.86. The van der Waals surface area contributed by atoms with Crippen LogP contribution in [0.5, 0.6) is 11.5 Å². The molecule has 25 heavy (non-hydrogen) atoms. The molecular weight excluding hydrogens is 342 g/mol. The third-order valence-electron chi connectivity index (χ3n) is 4.30. The molecule has 0 radical (unpaired) electrons. The van der Waals surface area contributed by atoms with Crippen molar-refractivity contribution in [3.63, 3.8) is 0 Å². The minimum absolute atomic E-state index is 0.0449. The Morgan fingerprint density at radius 1 is 1.28 bits per heavy atom. The molecule has 0 N–H and O–H groups in total. The third kappa shape index (κ3) is 2.72. The van der Waals surface area contributed by atoms with Crippen molar-refractivity contribution in [3.8, 4) is 17.6 Å². The maximum Gasteiger partial charge on any atom is 0.282 e. The molecule has 7 nitrogen and oxygen atoms in total. The van der Waals surface area contributed by atoms with E-state index in [1.165, 1.54) is 28.5 Å². The lowest BCUT2D eigenvalue weighted by Gasteiger charge is -2.09. The van der Waals surface area contributed by atoms with Crippen molar-refractivity contribution in [3.05, 3.63) is 43.8 Å². The second kappa shape index (κ2) is 6.18. The molecule has 126 valence electrons. The van der Waals surface area contributed by atoms with Gasteiger partial charge in [-0.3, -0.25) is 10.1 Å². The van der Waals surface area contributed by atoms with Gasteiger partial charge in [0.05, 0.1) is 22.1 Å². The maximum atomic E-state index is 11.3. The fourth-order valence-electron chi connectivity index (χ4n) is 3.09. The van der Waals surface area contributed by atoms with E-state index < -0.39 is 4.92 Å². The number of thiophene rings is 1. The van der Waals surface area contributed by atoms with E-state index in [1.807, 2.05) is 0 Å². The standard InChI is InChI=1S/C17H13N3O4S/c18-7-12-11-3-1-2-4-16(11)25-17(12)19-8-10-5-14-15(24-9-23-14)6-13(10)20(21)22/h5-6,8H,1-4,9H2. The summed E-state index contributed by atoms with van der Waals surface area (Å²) in [6.07, 6.45) is 5.49. The molecule has 2 aromatic rings. The summed E-state index contributed by atoms with van der Waals surface area (Å²) in [5.41, 5.74) is 1.91. The molecule has 1 aromatic heterocycles. The monoisotopic (exact) mass is 355 g/mol. The zero-order valence-electron chi connectivity index (χ0n) is 13.2. The first-order chi connectivity index (χ1) is 12.2. The summed E-state index contributed by atoms with van der Waals surface area (Å²) in [7, 11) is 0. The van der Waals surface area contributed by atoms with Crippen LogP contribution in [0.1, 0.15) is 34.4 Å². The Bertz CT molecular complexity index is 942. The van der Waals surface area contributed by atoms with Crippen molar-refractivity contribution >= 4 is 28.2 Å². The van der Waals surface area contributed by atoms with Gasteiger partial charge >= 0.3 is 0 Å². The molecule has 0 unspecified atom stereocenters. The summed E-state index contributed by atoms with van der Waals surface area (Å²) in [4.78, 5) is 16.4. The van der Waals surface area contributed by atoms with Gasteiger partial charge in [-0.1, -0.05) is 0 Å². The summed E-state index contributed by atoms with van der Waals surface area (Å²) < 4.78 is 10.5. The molecule has 0 bridgehead atoms. The van der Waals surface area contributed by atoms with E-state index in [0.717, 1.165) is 31.2 Å². The smallest absolute Gasteiger partial charge is 0.282 e. The Morgan fingerprint density at radius 2 is 2.04 bits per heavy atom. The van der Waals surface area contributed by atoms with Gasteiger partial charge in [0, 0.05) is 11.1 Å². The van der Waals surface area contributed by atoms with Gasteiger partial charge < -0.3 is 9.47 Å². The molecule has 0 fully saturated rings. The number of rotatable bonds is 3. The van der Waals surface area contributed by atoms with Crippen molar-refractivity contribution < 1.29 is 14.4 Å². The molecule has 1 aliphatic carbocycles. The predicted octanol–water partition coefficient (Wildman–Crippen LogP) is 3.89. The van der Waals surface area contributed by atoms with Crippen molar-refractivity contribution in [2.75, 3.05) is 6.79 Å². The number of nitro groups is 1. The van der Waals surface area contributed by atoms with Crippen LogP contribution in [0.2, 0.25) is 0 Å². The van der Waals surface area contributed by atoms with E-state index in [2.05, 4.69) is 11.1 Å². The molecule has 0 spiro atoms. The number of nitrogens with zero attached hydrogens (tertiary/aromatic N) is 3. The van der Waals surface area contributed by atoms with Crippen LogP contribution in [0, 0.1) is 21.4 Å². The number of hydrogen-bond donors (Lipinski definition) is 0. The van der Waals surface area contributed by atoms with Crippen molar-refractivity contribution in [2.24, 2.45) is 4.99 Å². The average molecular weight is 355 g/mol. The van der Waals surface area contributed by atoms with Gasteiger partial charge in [-0.25, -0.2) is 4.99 Å². The lowest BCUT2D eigenvalue weighted by atomic mass is 9.96. The van der Waals surface area contributed by atoms with Gasteiger partial charge in [-0.05, 0) is 37.3 Å². The predicted molar refractivity (Wildman–Crippen MR) is 92.1 cm³/mol. The van der Waals surface area contributed by atoms with Crippen LogP contribution in [0.4, 0.5) is 10.7 Å². The van der Waals surface area contributed by atoms with E-state index >= 15 is 0 Å². The molecule has 2 heterocycles. The minimum atomic E-state index is -0.478. The molecule has 0 amide bonds. The van der Waals surface area contributed by atoms with Crippen molar-refractivity contribution in [1.29, 1.82) is 5.26 Å². The van der Waals surface area contributed by atoms with Crippen LogP contribution in [-0.4, -0.2) is 17.9 Å². The van der Waals surface area contributed by atoms with Gasteiger partial charge in [0.2, 0.25) is 6.79 Å². The van der Waals surface area contributed by atoms with Crippen LogP contribution < -0.4 is 9.47 Å². The van der Waals surface area contributed by atoms with Gasteiger partial charge in [-0.2, -0.15) is 5.26 Å². The lowest BCUT2D eigenvalue weighted by Crippen LogP contribution is -1.99. The lowest BCUT2D eigenvalue weighted by molar-refractivity contribution is -0.385. The SMILES string of the molecule is N#Cc1c(N=Cc2cc3c(cc2[N+](=O)[O-])OCO3)sc2c1CCCC2. The number of nitriles is 1. The minimum Gasteiger partial charge on any atom is -0.454 e. The zero-order valence-corrected chi connectivity index (χ0v) is 14.0. The summed E-state index contributed by atoms with van der Waals surface area (Å²) in [5, 5.41) is 21.4. The van der Waals surface area contributed by atoms with Crippen LogP contribution in [-0.2, 0) is 12.8 Å². The quantitative estimate of drug-likeness (QED) is 0.473. The first-order valence-electron chi connectivity index (χ1n) is 7.84. The van der Waals surface area contributed by atoms with Gasteiger partial charge in [0.25, 0.3) is 5.69 Å². The Balaban J connectivity index is 1.75. The molecule has 1 aliphatic heterocycles. The van der Waals surface area contributed by atoms with Gasteiger partial charge in [0.15, 0.2) is 11.5 Å². The third-order valence-corrected chi connectivity index (χ3v) is 5.50. The number of benzene rings is 1. The zero-order chi connectivity index (χ0) is 17.4. The van der Waals surface area contributed by atoms with Crippen LogP contribution in [0.15, 0.2) is 17.1 Å². The number of hydrogen-bond acceptors (Lipinski definition) is 7. The Labute approximate surface area is 147 Å². The molecule has 1 aromatic carbocycles. The molecule has 4 rings (SSSR count). The molecule has 0 atom stereocenters. The summed E-state index contributed by atoms with van der Waals surface area (Å²) in [6, 6.07) is 5.12. The van der Waals surface area contributed by atoms with Crippen LogP contribution >= 0.6 is 11.3 Å². The Hall–Kier alpha value is -2.92. The number of ether oxygens (including phenoxy) is 2. The number of aliphatic imine (C=N–C) groups is 1. The average Bonchev–Trinajstić information content (AvgIpc) is 3.21. The normalized spacial score (nSPS) is 15.2. The first kappa shape index (κ1) is 15.6. The number of aryl methyl sites for hydroxylation is 1. The van der Waals surface area contributed by atoms with E-state index in [4.69, 9.17) is 9.47 Å². The highest BCUT2D eigenvalue weighted by Gasteiger charge is 2.23. The molecular formula is C17H13N3O4S. The van der Waals surface area contributed by atoms with Crippen molar-refractivity contribution in [1.82, 2.24) is 0 Å². The molecule has 8 heteroatoms. The highest BCUT2D eigenvalue weighted by atomic mass is 32.1. The number of nitro benzene ring substituents is 1. The molecule has 0 saturated heterocycles. The highest BCUT2D eigenvalue weighted by Crippen LogP contribution is 2.40. The van der Waals surface area contributed by atoms with E-state index in [0.29, 0.717) is 27.6 Å². The fourth-order valence-corrected chi connectivity index (χ4v) is 4.28. The summed E-state index contributed by atoms with van der Waals surface area (Å²) in [6.45, 7) is 0.0449. The van der Waals surface area contributed by atoms with Crippen LogP contribution in [0.3, 0.4) is 0 Å². The summed E-state index contributed by atoms with van der Waals surface area (Å²) >= 11 is 1.50.